The van der Waals surface area contributed by atoms with Crippen molar-refractivity contribution < 1.29 is 14.0 Å². The number of halogens is 1. The molecule has 3 aromatic rings. The monoisotopic (exact) mass is 394 g/mol. The Morgan fingerprint density at radius 1 is 1.00 bits per heavy atom. The Kier molecular flexibility index (Phi) is 6.34. The molecule has 0 radical (unpaired) electrons. The van der Waals surface area contributed by atoms with Gasteiger partial charge in [-0.25, -0.2) is 4.39 Å². The Bertz CT molecular complexity index is 968. The highest BCUT2D eigenvalue weighted by Crippen LogP contribution is 2.16. The van der Waals surface area contributed by atoms with Crippen LogP contribution in [0, 0.1) is 5.82 Å². The second-order valence-corrected chi connectivity index (χ2v) is 7.12. The molecule has 2 N–H and O–H groups in total. The van der Waals surface area contributed by atoms with Crippen LogP contribution in [0.25, 0.3) is 6.08 Å². The van der Waals surface area contributed by atoms with E-state index in [9.17, 15) is 14.0 Å². The van der Waals surface area contributed by atoms with Crippen LogP contribution in [0.1, 0.15) is 33.8 Å². The van der Waals surface area contributed by atoms with Crippen molar-refractivity contribution in [3.8, 4) is 0 Å². The van der Waals surface area contributed by atoms with Crippen LogP contribution in [0.4, 0.5) is 4.39 Å². The summed E-state index contributed by atoms with van der Waals surface area (Å²) in [4.78, 5) is 26.2. The van der Waals surface area contributed by atoms with E-state index in [-0.39, 0.29) is 23.5 Å². The van der Waals surface area contributed by atoms with Gasteiger partial charge in [0.1, 0.15) is 11.5 Å². The van der Waals surface area contributed by atoms with Crippen LogP contribution in [0.5, 0.6) is 0 Å². The fourth-order valence-electron chi connectivity index (χ4n) is 2.57. The standard InChI is InChI=1S/C22H19FN2O2S/c1-15(16-9-11-18(23)12-10-16)24-22(27)20(14-19-8-5-13-28-19)25-21(26)17-6-3-2-4-7-17/h2-15H,1H3,(H,24,27)(H,25,26)/b20-14-/t15-/m1/s1. The average Bonchev–Trinajstić information content (AvgIpc) is 3.21. The molecule has 1 aromatic heterocycles. The Hall–Kier alpha value is -3.25. The van der Waals surface area contributed by atoms with E-state index in [1.54, 1.807) is 49.4 Å². The highest BCUT2D eigenvalue weighted by Gasteiger charge is 2.17. The molecule has 0 aliphatic heterocycles. The van der Waals surface area contributed by atoms with Crippen molar-refractivity contribution in [1.29, 1.82) is 0 Å². The normalized spacial score (nSPS) is 12.3. The summed E-state index contributed by atoms with van der Waals surface area (Å²) in [5, 5.41) is 7.43. The lowest BCUT2D eigenvalue weighted by Crippen LogP contribution is -2.36. The van der Waals surface area contributed by atoms with Gasteiger partial charge >= 0.3 is 0 Å². The molecular formula is C22H19FN2O2S. The van der Waals surface area contributed by atoms with Crippen LogP contribution in [-0.2, 0) is 4.79 Å². The summed E-state index contributed by atoms with van der Waals surface area (Å²) >= 11 is 1.46. The molecule has 0 fully saturated rings. The molecular weight excluding hydrogens is 375 g/mol. The van der Waals surface area contributed by atoms with Gasteiger partial charge in [0, 0.05) is 10.4 Å². The van der Waals surface area contributed by atoms with Crippen LogP contribution in [0.2, 0.25) is 0 Å². The van der Waals surface area contributed by atoms with Crippen molar-refractivity contribution in [2.75, 3.05) is 0 Å². The van der Waals surface area contributed by atoms with Gasteiger partial charge in [-0.05, 0) is 54.3 Å². The minimum Gasteiger partial charge on any atom is -0.344 e. The Labute approximate surface area is 166 Å². The largest absolute Gasteiger partial charge is 0.344 e. The SMILES string of the molecule is C[C@@H](NC(=O)/C(=C/c1cccs1)NC(=O)c1ccccc1)c1ccc(F)cc1. The van der Waals surface area contributed by atoms with E-state index in [1.165, 1.54) is 23.5 Å². The minimum absolute atomic E-state index is 0.144. The van der Waals surface area contributed by atoms with Gasteiger partial charge in [0.15, 0.2) is 0 Å². The first-order valence-electron chi connectivity index (χ1n) is 8.71. The first-order valence-corrected chi connectivity index (χ1v) is 9.59. The predicted octanol–water partition coefficient (Wildman–Crippen LogP) is 4.54. The summed E-state index contributed by atoms with van der Waals surface area (Å²) in [6.45, 7) is 1.80. The van der Waals surface area contributed by atoms with Crippen molar-refractivity contribution in [2.24, 2.45) is 0 Å². The number of hydrogen-bond donors (Lipinski definition) is 2. The van der Waals surface area contributed by atoms with Gasteiger partial charge in [-0.1, -0.05) is 36.4 Å². The van der Waals surface area contributed by atoms with Crippen molar-refractivity contribution in [2.45, 2.75) is 13.0 Å². The van der Waals surface area contributed by atoms with Gasteiger partial charge in [0.25, 0.3) is 11.8 Å². The first kappa shape index (κ1) is 19.5. The average molecular weight is 394 g/mol. The van der Waals surface area contributed by atoms with Crippen LogP contribution < -0.4 is 10.6 Å². The number of rotatable bonds is 6. The zero-order valence-corrected chi connectivity index (χ0v) is 16.0. The maximum atomic E-state index is 13.1. The van der Waals surface area contributed by atoms with Crippen molar-refractivity contribution >= 4 is 29.2 Å². The molecule has 3 rings (SSSR count). The number of hydrogen-bond acceptors (Lipinski definition) is 3. The van der Waals surface area contributed by atoms with Gasteiger partial charge < -0.3 is 10.6 Å². The number of nitrogens with one attached hydrogen (secondary N) is 2. The van der Waals surface area contributed by atoms with E-state index in [0.717, 1.165) is 10.4 Å². The van der Waals surface area contributed by atoms with Crippen LogP contribution in [0.15, 0.2) is 77.8 Å². The lowest BCUT2D eigenvalue weighted by Gasteiger charge is -2.16. The lowest BCUT2D eigenvalue weighted by molar-refractivity contribution is -0.118. The molecule has 28 heavy (non-hydrogen) atoms. The Morgan fingerprint density at radius 2 is 1.71 bits per heavy atom. The van der Waals surface area contributed by atoms with Crippen LogP contribution in [-0.4, -0.2) is 11.8 Å². The molecule has 6 heteroatoms. The molecule has 0 aliphatic carbocycles. The summed E-state index contributed by atoms with van der Waals surface area (Å²) < 4.78 is 13.1. The molecule has 2 aromatic carbocycles. The molecule has 142 valence electrons. The summed E-state index contributed by atoms with van der Waals surface area (Å²) in [6, 6.07) is 18.0. The van der Waals surface area contributed by atoms with Crippen LogP contribution >= 0.6 is 11.3 Å². The molecule has 0 unspecified atom stereocenters. The summed E-state index contributed by atoms with van der Waals surface area (Å²) in [5.74, 6) is -1.13. The third-order valence-electron chi connectivity index (χ3n) is 4.08. The minimum atomic E-state index is -0.422. The Morgan fingerprint density at radius 3 is 2.36 bits per heavy atom. The van der Waals surface area contributed by atoms with E-state index >= 15 is 0 Å². The van der Waals surface area contributed by atoms with Gasteiger partial charge in [0.05, 0.1) is 6.04 Å². The smallest absolute Gasteiger partial charge is 0.268 e. The van der Waals surface area contributed by atoms with E-state index in [1.807, 2.05) is 23.6 Å². The second-order valence-electron chi connectivity index (χ2n) is 6.14. The zero-order chi connectivity index (χ0) is 19.9. The maximum Gasteiger partial charge on any atom is 0.268 e. The van der Waals surface area contributed by atoms with E-state index < -0.39 is 5.91 Å². The quantitative estimate of drug-likeness (QED) is 0.603. The molecule has 0 saturated carbocycles. The summed E-state index contributed by atoms with van der Waals surface area (Å²) in [6.07, 6.45) is 1.64. The molecule has 2 amide bonds. The maximum absolute atomic E-state index is 13.1. The number of thiophene rings is 1. The van der Waals surface area contributed by atoms with Crippen LogP contribution in [0.3, 0.4) is 0 Å². The fraction of sp³-hybridized carbons (Fsp3) is 0.0909. The van der Waals surface area contributed by atoms with E-state index in [2.05, 4.69) is 10.6 Å². The highest BCUT2D eigenvalue weighted by atomic mass is 32.1. The number of amides is 2. The predicted molar refractivity (Wildman–Crippen MR) is 109 cm³/mol. The number of benzene rings is 2. The third-order valence-corrected chi connectivity index (χ3v) is 4.90. The van der Waals surface area contributed by atoms with Gasteiger partial charge in [-0.3, -0.25) is 9.59 Å². The zero-order valence-electron chi connectivity index (χ0n) is 15.2. The first-order chi connectivity index (χ1) is 13.5. The van der Waals surface area contributed by atoms with Gasteiger partial charge in [-0.15, -0.1) is 11.3 Å². The van der Waals surface area contributed by atoms with Gasteiger partial charge in [0.2, 0.25) is 0 Å². The fourth-order valence-corrected chi connectivity index (χ4v) is 3.22. The highest BCUT2D eigenvalue weighted by molar-refractivity contribution is 7.10. The molecule has 4 nitrogen and oxygen atoms in total. The Balaban J connectivity index is 1.79. The molecule has 0 aliphatic rings. The lowest BCUT2D eigenvalue weighted by atomic mass is 10.1. The number of carbonyl (C=O) groups excluding carboxylic acids is 2. The van der Waals surface area contributed by atoms with E-state index in [4.69, 9.17) is 0 Å². The van der Waals surface area contributed by atoms with Crippen molar-refractivity contribution in [3.63, 3.8) is 0 Å². The topological polar surface area (TPSA) is 58.2 Å². The van der Waals surface area contributed by atoms with E-state index in [0.29, 0.717) is 5.56 Å². The summed E-state index contributed by atoms with van der Waals surface area (Å²) in [7, 11) is 0. The molecule has 0 saturated heterocycles. The van der Waals surface area contributed by atoms with Crippen molar-refractivity contribution in [1.82, 2.24) is 10.6 Å². The van der Waals surface area contributed by atoms with Gasteiger partial charge in [-0.2, -0.15) is 0 Å². The summed E-state index contributed by atoms with van der Waals surface area (Å²) in [5.41, 5.74) is 1.36. The molecule has 1 heterocycles. The third kappa shape index (κ3) is 5.14. The molecule has 0 bridgehead atoms. The second kappa shape index (κ2) is 9.10. The number of carbonyl (C=O) groups is 2. The molecule has 1 atom stereocenters. The molecule has 0 spiro atoms. The van der Waals surface area contributed by atoms with Crippen molar-refractivity contribution in [3.05, 3.63) is 99.6 Å².